The van der Waals surface area contributed by atoms with Crippen LogP contribution in [-0.4, -0.2) is 17.9 Å². The summed E-state index contributed by atoms with van der Waals surface area (Å²) in [5.74, 6) is -0.217. The highest BCUT2D eigenvalue weighted by Crippen LogP contribution is 2.25. The Hall–Kier alpha value is -1.64. The first kappa shape index (κ1) is 16.4. The largest absolute Gasteiger partial charge is 0.458 e. The lowest BCUT2D eigenvalue weighted by Gasteiger charge is -2.22. The summed E-state index contributed by atoms with van der Waals surface area (Å²) in [6.45, 7) is 11.2. The lowest BCUT2D eigenvalue weighted by atomic mass is 9.90. The van der Waals surface area contributed by atoms with Crippen LogP contribution in [0.1, 0.15) is 53.4 Å². The number of carbonyl (C=O) groups excluding carboxylic acids is 2. The molecule has 0 aromatic heterocycles. The minimum absolute atomic E-state index is 0.116. The first-order valence-electron chi connectivity index (χ1n) is 7.01. The second-order valence-electron chi connectivity index (χ2n) is 5.63. The fourth-order valence-corrected chi connectivity index (χ4v) is 2.35. The van der Waals surface area contributed by atoms with Gasteiger partial charge in [0.2, 0.25) is 0 Å². The Morgan fingerprint density at radius 3 is 2.55 bits per heavy atom. The van der Waals surface area contributed by atoms with Crippen LogP contribution < -0.4 is 0 Å². The topological polar surface area (TPSA) is 43.4 Å². The zero-order valence-corrected chi connectivity index (χ0v) is 12.9. The third-order valence-electron chi connectivity index (χ3n) is 3.49. The van der Waals surface area contributed by atoms with Gasteiger partial charge in [0.15, 0.2) is 5.78 Å². The van der Waals surface area contributed by atoms with Gasteiger partial charge >= 0.3 is 5.97 Å². The number of esters is 1. The zero-order chi connectivity index (χ0) is 15.3. The molecule has 1 aliphatic rings. The summed E-state index contributed by atoms with van der Waals surface area (Å²) in [6.07, 6.45) is 4.17. The quantitative estimate of drug-likeness (QED) is 0.414. The summed E-state index contributed by atoms with van der Waals surface area (Å²) in [7, 11) is 0. The van der Waals surface area contributed by atoms with E-state index in [9.17, 15) is 9.59 Å². The van der Waals surface area contributed by atoms with E-state index < -0.39 is 6.10 Å². The van der Waals surface area contributed by atoms with Gasteiger partial charge in [-0.25, -0.2) is 0 Å². The van der Waals surface area contributed by atoms with E-state index >= 15 is 0 Å². The van der Waals surface area contributed by atoms with E-state index in [0.29, 0.717) is 12.8 Å². The number of hydrogen-bond donors (Lipinski definition) is 0. The maximum atomic E-state index is 12.4. The molecule has 0 radical (unpaired) electrons. The molecule has 110 valence electrons. The molecule has 0 heterocycles. The van der Waals surface area contributed by atoms with E-state index in [0.717, 1.165) is 35.1 Å². The number of hydrogen-bond acceptors (Lipinski definition) is 3. The third-order valence-corrected chi connectivity index (χ3v) is 3.49. The molecule has 0 saturated heterocycles. The number of allylic oxidation sites excluding steroid dienone is 3. The molecule has 3 nitrogen and oxygen atoms in total. The number of ketones is 1. The Bertz CT molecular complexity index is 476. The maximum absolute atomic E-state index is 12.4. The fraction of sp³-hybridized carbons (Fsp3) is 0.529. The molecule has 0 fully saturated rings. The predicted molar refractivity (Wildman–Crippen MR) is 80.3 cm³/mol. The molecule has 1 unspecified atom stereocenters. The van der Waals surface area contributed by atoms with Gasteiger partial charge in [-0.15, -0.1) is 0 Å². The lowest BCUT2D eigenvalue weighted by Crippen LogP contribution is -2.22. The first-order valence-corrected chi connectivity index (χ1v) is 7.01. The smallest absolute Gasteiger partial charge is 0.303 e. The van der Waals surface area contributed by atoms with Crippen LogP contribution in [0.4, 0.5) is 0 Å². The molecule has 0 saturated carbocycles. The van der Waals surface area contributed by atoms with Crippen molar-refractivity contribution in [2.24, 2.45) is 0 Å². The molecule has 1 atom stereocenters. The van der Waals surface area contributed by atoms with E-state index in [1.165, 1.54) is 6.92 Å². The molecule has 3 heteroatoms. The van der Waals surface area contributed by atoms with Crippen LogP contribution in [0.25, 0.3) is 0 Å². The van der Waals surface area contributed by atoms with E-state index in [4.69, 9.17) is 4.74 Å². The van der Waals surface area contributed by atoms with E-state index in [1.54, 1.807) is 0 Å². The zero-order valence-electron chi connectivity index (χ0n) is 12.9. The molecule has 0 spiro atoms. The van der Waals surface area contributed by atoms with Crippen molar-refractivity contribution in [3.8, 4) is 0 Å². The van der Waals surface area contributed by atoms with Crippen LogP contribution >= 0.6 is 0 Å². The molecule has 20 heavy (non-hydrogen) atoms. The Kier molecular flexibility index (Phi) is 5.93. The molecular weight excluding hydrogens is 252 g/mol. The van der Waals surface area contributed by atoms with Crippen LogP contribution in [0.2, 0.25) is 0 Å². The molecule has 0 bridgehead atoms. The second-order valence-corrected chi connectivity index (χ2v) is 5.63. The molecule has 1 aliphatic carbocycles. The monoisotopic (exact) mass is 276 g/mol. The highest BCUT2D eigenvalue weighted by atomic mass is 16.5. The van der Waals surface area contributed by atoms with Gasteiger partial charge < -0.3 is 4.74 Å². The van der Waals surface area contributed by atoms with Gasteiger partial charge in [0.1, 0.15) is 6.10 Å². The summed E-state index contributed by atoms with van der Waals surface area (Å²) >= 11 is 0. The Morgan fingerprint density at radius 1 is 1.35 bits per heavy atom. The molecule has 0 aliphatic heterocycles. The molecule has 0 aromatic rings. The van der Waals surface area contributed by atoms with E-state index in [-0.39, 0.29) is 11.8 Å². The molecule has 0 N–H and O–H groups in total. The van der Waals surface area contributed by atoms with Gasteiger partial charge in [0.25, 0.3) is 0 Å². The summed E-state index contributed by atoms with van der Waals surface area (Å²) < 4.78 is 5.35. The van der Waals surface area contributed by atoms with Crippen molar-refractivity contribution in [1.82, 2.24) is 0 Å². The maximum Gasteiger partial charge on any atom is 0.303 e. The van der Waals surface area contributed by atoms with Crippen molar-refractivity contribution in [3.05, 3.63) is 34.9 Å². The van der Waals surface area contributed by atoms with Gasteiger partial charge in [-0.3, -0.25) is 9.59 Å². The fourth-order valence-electron chi connectivity index (χ4n) is 2.35. The number of carbonyl (C=O) groups is 2. The van der Waals surface area contributed by atoms with Gasteiger partial charge in [-0.1, -0.05) is 23.8 Å². The van der Waals surface area contributed by atoms with Gasteiger partial charge in [0.05, 0.1) is 0 Å². The summed E-state index contributed by atoms with van der Waals surface area (Å²) in [4.78, 5) is 23.6. The summed E-state index contributed by atoms with van der Waals surface area (Å²) in [6, 6.07) is 0. The minimum atomic E-state index is -0.395. The van der Waals surface area contributed by atoms with Gasteiger partial charge in [-0.2, -0.15) is 0 Å². The molecule has 0 amide bonds. The molecule has 0 aromatic carbocycles. The van der Waals surface area contributed by atoms with Crippen LogP contribution in [0, 0.1) is 0 Å². The first-order chi connectivity index (χ1) is 9.31. The van der Waals surface area contributed by atoms with Crippen molar-refractivity contribution in [1.29, 1.82) is 0 Å². The van der Waals surface area contributed by atoms with Gasteiger partial charge in [-0.05, 0) is 44.8 Å². The van der Waals surface area contributed by atoms with Crippen LogP contribution in [0.5, 0.6) is 0 Å². The Labute approximate surface area is 121 Å². The van der Waals surface area contributed by atoms with Crippen molar-refractivity contribution in [2.45, 2.75) is 59.5 Å². The highest BCUT2D eigenvalue weighted by Gasteiger charge is 2.23. The van der Waals surface area contributed by atoms with Crippen molar-refractivity contribution in [3.63, 3.8) is 0 Å². The SMILES string of the molecule is C=C1CC/C=C(\C)CC(=O)C(=C(C)C)CC1OC(C)=O. The van der Waals surface area contributed by atoms with Gasteiger partial charge in [0, 0.05) is 19.8 Å². The second kappa shape index (κ2) is 7.22. The third kappa shape index (κ3) is 4.80. The summed E-state index contributed by atoms with van der Waals surface area (Å²) in [5.41, 5.74) is 3.70. The minimum Gasteiger partial charge on any atom is -0.458 e. The number of Topliss-reactive ketones (excluding diaryl/α,β-unsaturated/α-hetero) is 1. The summed E-state index contributed by atoms with van der Waals surface area (Å²) in [5, 5.41) is 0. The average molecular weight is 276 g/mol. The van der Waals surface area contributed by atoms with E-state index in [1.807, 2.05) is 20.8 Å². The number of ether oxygens (including phenoxy) is 1. The van der Waals surface area contributed by atoms with Crippen LogP contribution in [-0.2, 0) is 14.3 Å². The van der Waals surface area contributed by atoms with E-state index in [2.05, 4.69) is 12.7 Å². The van der Waals surface area contributed by atoms with Crippen molar-refractivity contribution in [2.75, 3.05) is 0 Å². The Balaban J connectivity index is 3.11. The van der Waals surface area contributed by atoms with Crippen LogP contribution in [0.15, 0.2) is 34.9 Å². The van der Waals surface area contributed by atoms with Crippen LogP contribution in [0.3, 0.4) is 0 Å². The van der Waals surface area contributed by atoms with Crippen molar-refractivity contribution < 1.29 is 14.3 Å². The lowest BCUT2D eigenvalue weighted by molar-refractivity contribution is -0.144. The standard InChI is InChI=1S/C17H24O3/c1-11(2)15-10-17(20-14(5)18)13(4)8-6-7-12(3)9-16(15)19/h7,17H,4,6,8-10H2,1-3,5H3/b12-7+. The average Bonchev–Trinajstić information content (AvgIpc) is 2.31. The Morgan fingerprint density at radius 2 is 2.00 bits per heavy atom. The van der Waals surface area contributed by atoms with Crippen molar-refractivity contribution >= 4 is 11.8 Å². The number of rotatable bonds is 1. The normalized spacial score (nSPS) is 23.9. The molecular formula is C17H24O3. The predicted octanol–water partition coefficient (Wildman–Crippen LogP) is 3.90. The highest BCUT2D eigenvalue weighted by molar-refractivity contribution is 5.97. The molecule has 1 rings (SSSR count).